The fourth-order valence-corrected chi connectivity index (χ4v) is 2.07. The van der Waals surface area contributed by atoms with Crippen molar-refractivity contribution in [1.82, 2.24) is 5.32 Å². The maximum atomic E-state index is 12.3. The molecule has 0 aliphatic rings. The van der Waals surface area contributed by atoms with Gasteiger partial charge in [0.1, 0.15) is 11.8 Å². The topological polar surface area (TPSA) is 128 Å². The molecule has 0 aliphatic heterocycles. The predicted octanol–water partition coefficient (Wildman–Crippen LogP) is 0.0159. The Morgan fingerprint density at radius 3 is 2.20 bits per heavy atom. The molecule has 2 atom stereocenters. The number of aromatic hydroxyl groups is 1. The lowest BCUT2D eigenvalue weighted by molar-refractivity contribution is -0.158. The van der Waals surface area contributed by atoms with Crippen LogP contribution in [0.3, 0.4) is 0 Å². The number of amides is 1. The molecule has 1 amide bonds. The van der Waals surface area contributed by atoms with E-state index in [0.29, 0.717) is 0 Å². The molecule has 0 bridgehead atoms. The molecule has 0 aliphatic carbocycles. The second-order valence-corrected chi connectivity index (χ2v) is 4.93. The first-order valence-corrected chi connectivity index (χ1v) is 7.16. The molecular formula is C16H19NO8. The lowest BCUT2D eigenvalue weighted by atomic mass is 9.95. The monoisotopic (exact) mass is 353 g/mol. The second-order valence-electron chi connectivity index (χ2n) is 4.93. The maximum Gasteiger partial charge on any atom is 0.329 e. The summed E-state index contributed by atoms with van der Waals surface area (Å²) in [4.78, 5) is 47.8. The van der Waals surface area contributed by atoms with E-state index >= 15 is 0 Å². The molecular weight excluding hydrogens is 334 g/mol. The molecule has 0 radical (unpaired) electrons. The third kappa shape index (κ3) is 5.48. The van der Waals surface area contributed by atoms with E-state index in [-0.39, 0.29) is 11.3 Å². The van der Waals surface area contributed by atoms with Gasteiger partial charge >= 0.3 is 17.9 Å². The number of nitrogens with one attached hydrogen (secondary N) is 1. The van der Waals surface area contributed by atoms with E-state index < -0.39 is 42.2 Å². The number of benzene rings is 1. The number of hydrogen-bond acceptors (Lipinski definition) is 8. The summed E-state index contributed by atoms with van der Waals surface area (Å²) in [7, 11) is 3.27. The summed E-state index contributed by atoms with van der Waals surface area (Å²) in [6.07, 6.45) is -0.497. The van der Waals surface area contributed by atoms with Crippen molar-refractivity contribution in [2.75, 3.05) is 21.3 Å². The van der Waals surface area contributed by atoms with E-state index in [4.69, 9.17) is 0 Å². The van der Waals surface area contributed by atoms with Crippen molar-refractivity contribution in [2.45, 2.75) is 12.5 Å². The lowest BCUT2D eigenvalue weighted by Gasteiger charge is -2.23. The Hall–Kier alpha value is -3.10. The Morgan fingerprint density at radius 2 is 1.68 bits per heavy atom. The third-order valence-electron chi connectivity index (χ3n) is 3.37. The summed E-state index contributed by atoms with van der Waals surface area (Å²) < 4.78 is 13.7. The molecule has 1 aromatic carbocycles. The highest BCUT2D eigenvalue weighted by Gasteiger charge is 2.38. The average Bonchev–Trinajstić information content (AvgIpc) is 2.62. The molecule has 0 aromatic heterocycles. The molecule has 0 saturated heterocycles. The number of methoxy groups -OCH3 is 3. The zero-order valence-corrected chi connectivity index (χ0v) is 14.0. The summed E-state index contributed by atoms with van der Waals surface area (Å²) in [5.41, 5.74) is 0.0515. The summed E-state index contributed by atoms with van der Waals surface area (Å²) in [6, 6.07) is 3.90. The van der Waals surface area contributed by atoms with Crippen molar-refractivity contribution in [2.24, 2.45) is 5.92 Å². The van der Waals surface area contributed by atoms with Crippen LogP contribution >= 0.6 is 0 Å². The number of hydrogen-bond donors (Lipinski definition) is 2. The zero-order chi connectivity index (χ0) is 19.0. The highest BCUT2D eigenvalue weighted by atomic mass is 16.5. The summed E-state index contributed by atoms with van der Waals surface area (Å²) in [6.45, 7) is 0. The molecule has 9 heteroatoms. The highest BCUT2D eigenvalue weighted by molar-refractivity contribution is 5.98. The maximum absolute atomic E-state index is 12.3. The van der Waals surface area contributed by atoms with Crippen LogP contribution in [0.1, 0.15) is 16.8 Å². The summed E-state index contributed by atoms with van der Waals surface area (Å²) in [5.74, 6) is -4.83. The molecule has 136 valence electrons. The van der Waals surface area contributed by atoms with Gasteiger partial charge in [-0.15, -0.1) is 0 Å². The number of carbonyl (C=O) groups excluding carboxylic acids is 4. The summed E-state index contributed by atoms with van der Waals surface area (Å²) in [5, 5.41) is 11.8. The molecule has 9 nitrogen and oxygen atoms in total. The van der Waals surface area contributed by atoms with Gasteiger partial charge in [0.15, 0.2) is 0 Å². The Kier molecular flexibility index (Phi) is 7.39. The van der Waals surface area contributed by atoms with E-state index in [1.165, 1.54) is 24.3 Å². The van der Waals surface area contributed by atoms with Crippen LogP contribution in [0.25, 0.3) is 0 Å². The minimum atomic E-state index is -1.48. The zero-order valence-electron chi connectivity index (χ0n) is 14.0. The molecule has 2 N–H and O–H groups in total. The predicted molar refractivity (Wildman–Crippen MR) is 83.5 cm³/mol. The molecule has 1 aromatic rings. The first kappa shape index (κ1) is 19.9. The molecule has 0 unspecified atom stereocenters. The largest absolute Gasteiger partial charge is 0.508 e. The molecule has 0 fully saturated rings. The first-order chi connectivity index (χ1) is 11.8. The number of ether oxygens (including phenoxy) is 3. The van der Waals surface area contributed by atoms with E-state index in [9.17, 15) is 24.3 Å². The normalized spacial score (nSPS) is 12.4. The quantitative estimate of drug-likeness (QED) is 0.518. The number of phenolic OH excluding ortho intramolecular Hbond substituents is 1. The average molecular weight is 353 g/mol. The minimum absolute atomic E-state index is 0.0515. The van der Waals surface area contributed by atoms with Crippen LogP contribution in [0.2, 0.25) is 0 Å². The van der Waals surface area contributed by atoms with Crippen molar-refractivity contribution in [3.8, 4) is 5.75 Å². The van der Waals surface area contributed by atoms with Gasteiger partial charge in [-0.3, -0.25) is 14.4 Å². The Morgan fingerprint density at radius 1 is 1.04 bits per heavy atom. The van der Waals surface area contributed by atoms with Crippen LogP contribution in [0.15, 0.2) is 24.3 Å². The Bertz CT molecular complexity index is 657. The van der Waals surface area contributed by atoms with Crippen molar-refractivity contribution < 1.29 is 38.5 Å². The number of phenols is 1. The van der Waals surface area contributed by atoms with E-state index in [1.807, 2.05) is 0 Å². The molecule has 1 rings (SSSR count). The lowest BCUT2D eigenvalue weighted by Crippen LogP contribution is -2.50. The van der Waals surface area contributed by atoms with Crippen molar-refractivity contribution in [3.05, 3.63) is 29.8 Å². The van der Waals surface area contributed by atoms with Gasteiger partial charge in [-0.05, 0) is 18.2 Å². The van der Waals surface area contributed by atoms with Crippen LogP contribution in [0.4, 0.5) is 0 Å². The van der Waals surface area contributed by atoms with Gasteiger partial charge in [-0.1, -0.05) is 6.07 Å². The molecule has 0 heterocycles. The van der Waals surface area contributed by atoms with Gasteiger partial charge in [0.05, 0.1) is 33.7 Å². The Balaban J connectivity index is 3.11. The summed E-state index contributed by atoms with van der Waals surface area (Å²) >= 11 is 0. The van der Waals surface area contributed by atoms with Crippen LogP contribution in [-0.4, -0.2) is 56.3 Å². The van der Waals surface area contributed by atoms with Gasteiger partial charge in [0.25, 0.3) is 5.91 Å². The first-order valence-electron chi connectivity index (χ1n) is 7.16. The third-order valence-corrected chi connectivity index (χ3v) is 3.37. The van der Waals surface area contributed by atoms with Crippen LogP contribution in [0, 0.1) is 5.92 Å². The van der Waals surface area contributed by atoms with Crippen LogP contribution in [-0.2, 0) is 28.6 Å². The smallest absolute Gasteiger partial charge is 0.329 e. The van der Waals surface area contributed by atoms with Crippen molar-refractivity contribution in [3.63, 3.8) is 0 Å². The highest BCUT2D eigenvalue weighted by Crippen LogP contribution is 2.16. The van der Waals surface area contributed by atoms with Crippen molar-refractivity contribution in [1.29, 1.82) is 0 Å². The number of esters is 3. The van der Waals surface area contributed by atoms with Crippen molar-refractivity contribution >= 4 is 23.8 Å². The van der Waals surface area contributed by atoms with Gasteiger partial charge in [-0.2, -0.15) is 0 Å². The fraction of sp³-hybridized carbons (Fsp3) is 0.375. The molecule has 25 heavy (non-hydrogen) atoms. The number of rotatable bonds is 7. The van der Waals surface area contributed by atoms with E-state index in [1.54, 1.807) is 0 Å². The van der Waals surface area contributed by atoms with Gasteiger partial charge in [-0.25, -0.2) is 4.79 Å². The Labute approximate surface area is 143 Å². The van der Waals surface area contributed by atoms with Gasteiger partial charge < -0.3 is 24.6 Å². The van der Waals surface area contributed by atoms with Gasteiger partial charge in [0, 0.05) is 5.56 Å². The van der Waals surface area contributed by atoms with Crippen LogP contribution < -0.4 is 5.32 Å². The molecule has 0 saturated carbocycles. The number of carbonyl (C=O) groups is 4. The van der Waals surface area contributed by atoms with E-state index in [2.05, 4.69) is 19.5 Å². The fourth-order valence-electron chi connectivity index (χ4n) is 2.07. The SMILES string of the molecule is COC(=O)C[C@@H](C(=O)OC)[C@@H](NC(=O)c1cccc(O)c1)C(=O)OC. The van der Waals surface area contributed by atoms with E-state index in [0.717, 1.165) is 21.3 Å². The molecule has 0 spiro atoms. The minimum Gasteiger partial charge on any atom is -0.508 e. The van der Waals surface area contributed by atoms with Crippen LogP contribution in [0.5, 0.6) is 5.75 Å². The van der Waals surface area contributed by atoms with Gasteiger partial charge in [0.2, 0.25) is 0 Å². The standard InChI is InChI=1S/C16H19NO8/c1-23-12(19)8-11(15(21)24-2)13(16(22)25-3)17-14(20)9-5-4-6-10(18)7-9/h4-7,11,13,18H,8H2,1-3H3,(H,17,20)/t11-,13-/m1/s1. The second kappa shape index (κ2) is 9.26.